The molecule has 1 aliphatic rings. The van der Waals surface area contributed by atoms with Crippen molar-refractivity contribution in [1.29, 1.82) is 0 Å². The number of allylic oxidation sites excluding steroid dienone is 1. The number of benzene rings is 1. The first-order valence-electron chi connectivity index (χ1n) is 6.57. The largest absolute Gasteiger partial charge is 0.465 e. The van der Waals surface area contributed by atoms with Crippen LogP contribution in [-0.2, 0) is 6.54 Å². The number of hydrogen-bond donors (Lipinski definition) is 0. The highest BCUT2D eigenvalue weighted by atomic mass is 16.3. The molecule has 0 atom stereocenters. The predicted molar refractivity (Wildman–Crippen MR) is 77.2 cm³/mol. The van der Waals surface area contributed by atoms with Crippen molar-refractivity contribution < 1.29 is 4.42 Å². The lowest BCUT2D eigenvalue weighted by molar-refractivity contribution is 0.557. The van der Waals surface area contributed by atoms with Crippen molar-refractivity contribution in [3.05, 3.63) is 64.6 Å². The topological polar surface area (TPSA) is 48.0 Å². The summed E-state index contributed by atoms with van der Waals surface area (Å²) in [5.74, 6) is 1.54. The third kappa shape index (κ3) is 1.61. The molecule has 2 aromatic heterocycles. The van der Waals surface area contributed by atoms with E-state index >= 15 is 0 Å². The van der Waals surface area contributed by atoms with Crippen LogP contribution >= 0.6 is 0 Å². The first-order valence-corrected chi connectivity index (χ1v) is 6.57. The fraction of sp³-hybridized carbons (Fsp3) is 0.125. The highest BCUT2D eigenvalue weighted by molar-refractivity contribution is 5.85. The molecule has 0 bridgehead atoms. The van der Waals surface area contributed by atoms with Gasteiger partial charge in [0, 0.05) is 12.1 Å². The van der Waals surface area contributed by atoms with Gasteiger partial charge in [-0.05, 0) is 36.8 Å². The Morgan fingerprint density at radius 1 is 1.20 bits per heavy atom. The van der Waals surface area contributed by atoms with Gasteiger partial charge in [-0.25, -0.2) is 0 Å². The molecule has 0 radical (unpaired) electrons. The number of furan rings is 1. The van der Waals surface area contributed by atoms with Crippen molar-refractivity contribution in [3.63, 3.8) is 0 Å². The molecule has 4 rings (SSSR count). The quantitative estimate of drug-likeness (QED) is 0.679. The van der Waals surface area contributed by atoms with Gasteiger partial charge in [0.25, 0.3) is 5.56 Å². The second-order valence-corrected chi connectivity index (χ2v) is 4.84. The second-order valence-electron chi connectivity index (χ2n) is 4.84. The van der Waals surface area contributed by atoms with Crippen molar-refractivity contribution in [2.45, 2.75) is 13.0 Å². The summed E-state index contributed by atoms with van der Waals surface area (Å²) in [6.07, 6.45) is 4.46. The number of para-hydroxylation sites is 1. The molecular formula is C16H12N2O2. The molecule has 3 aromatic rings. The average Bonchev–Trinajstić information content (AvgIpc) is 3.11. The van der Waals surface area contributed by atoms with Gasteiger partial charge in [-0.3, -0.25) is 4.79 Å². The van der Waals surface area contributed by atoms with Crippen molar-refractivity contribution >= 4 is 22.6 Å². The smallest absolute Gasteiger partial charge is 0.281 e. The Morgan fingerprint density at radius 3 is 2.95 bits per heavy atom. The third-order valence-corrected chi connectivity index (χ3v) is 3.64. The summed E-state index contributed by atoms with van der Waals surface area (Å²) < 4.78 is 7.44. The van der Waals surface area contributed by atoms with Crippen LogP contribution in [0.25, 0.3) is 22.6 Å². The van der Waals surface area contributed by atoms with Gasteiger partial charge in [-0.1, -0.05) is 12.1 Å². The Hall–Kier alpha value is -2.62. The van der Waals surface area contributed by atoms with E-state index in [-0.39, 0.29) is 5.56 Å². The first-order chi connectivity index (χ1) is 9.83. The zero-order chi connectivity index (χ0) is 13.5. The molecule has 0 amide bonds. The minimum Gasteiger partial charge on any atom is -0.465 e. The Morgan fingerprint density at radius 2 is 2.10 bits per heavy atom. The Bertz CT molecular complexity index is 873. The maximum Gasteiger partial charge on any atom is 0.281 e. The highest BCUT2D eigenvalue weighted by Gasteiger charge is 2.20. The normalized spacial score (nSPS) is 15.9. The molecule has 0 saturated heterocycles. The van der Waals surface area contributed by atoms with E-state index in [1.165, 1.54) is 0 Å². The first kappa shape index (κ1) is 11.2. The minimum atomic E-state index is -0.168. The number of aryl methyl sites for hydroxylation is 1. The zero-order valence-corrected chi connectivity index (χ0v) is 10.7. The average molecular weight is 264 g/mol. The molecule has 20 heavy (non-hydrogen) atoms. The van der Waals surface area contributed by atoms with E-state index in [0.717, 1.165) is 35.6 Å². The number of fused-ring (bicyclic) bond motifs is 3. The van der Waals surface area contributed by atoms with Crippen molar-refractivity contribution in [2.75, 3.05) is 0 Å². The molecule has 98 valence electrons. The monoisotopic (exact) mass is 264 g/mol. The lowest BCUT2D eigenvalue weighted by Gasteiger charge is -2.07. The van der Waals surface area contributed by atoms with E-state index in [9.17, 15) is 4.79 Å². The SMILES string of the molecule is O=c1nc2n(c3ccccc13)CC/C2=C\c1ccco1. The van der Waals surface area contributed by atoms with Crippen molar-refractivity contribution in [3.8, 4) is 0 Å². The maximum absolute atomic E-state index is 12.1. The van der Waals surface area contributed by atoms with Crippen LogP contribution in [0.4, 0.5) is 0 Å². The number of hydrogen-bond acceptors (Lipinski definition) is 3. The summed E-state index contributed by atoms with van der Waals surface area (Å²) in [4.78, 5) is 16.4. The summed E-state index contributed by atoms with van der Waals surface area (Å²) in [5, 5.41) is 0.676. The number of rotatable bonds is 1. The maximum atomic E-state index is 12.1. The Kier molecular flexibility index (Phi) is 2.36. The summed E-state index contributed by atoms with van der Waals surface area (Å²) in [6.45, 7) is 0.843. The molecule has 4 heteroatoms. The summed E-state index contributed by atoms with van der Waals surface area (Å²) in [5.41, 5.74) is 1.83. The molecular weight excluding hydrogens is 252 g/mol. The standard InChI is InChI=1S/C16H12N2O2/c19-16-13-5-1-2-6-14(13)18-8-7-11(15(18)17-16)10-12-4-3-9-20-12/h1-6,9-10H,7-8H2/b11-10+. The zero-order valence-electron chi connectivity index (χ0n) is 10.7. The predicted octanol–water partition coefficient (Wildman–Crippen LogP) is 2.93. The van der Waals surface area contributed by atoms with Crippen molar-refractivity contribution in [1.82, 2.24) is 9.55 Å². The summed E-state index contributed by atoms with van der Waals surface area (Å²) in [7, 11) is 0. The van der Waals surface area contributed by atoms with E-state index in [1.54, 1.807) is 6.26 Å². The molecule has 0 aliphatic carbocycles. The molecule has 1 aliphatic heterocycles. The van der Waals surface area contributed by atoms with Crippen LogP contribution < -0.4 is 5.56 Å². The van der Waals surface area contributed by atoms with Crippen LogP contribution in [0.15, 0.2) is 51.9 Å². The summed E-state index contributed by atoms with van der Waals surface area (Å²) in [6, 6.07) is 11.4. The van der Waals surface area contributed by atoms with Gasteiger partial charge in [0.2, 0.25) is 0 Å². The van der Waals surface area contributed by atoms with E-state index in [1.807, 2.05) is 42.5 Å². The number of nitrogens with zero attached hydrogens (tertiary/aromatic N) is 2. The third-order valence-electron chi connectivity index (χ3n) is 3.64. The van der Waals surface area contributed by atoms with E-state index in [4.69, 9.17) is 4.42 Å². The molecule has 0 N–H and O–H groups in total. The molecule has 0 fully saturated rings. The van der Waals surface area contributed by atoms with E-state index in [0.29, 0.717) is 5.39 Å². The van der Waals surface area contributed by atoms with Crippen LogP contribution in [0.5, 0.6) is 0 Å². The van der Waals surface area contributed by atoms with Gasteiger partial charge in [0.05, 0.1) is 17.2 Å². The van der Waals surface area contributed by atoms with Crippen LogP contribution in [0.3, 0.4) is 0 Å². The fourth-order valence-corrected chi connectivity index (χ4v) is 2.72. The van der Waals surface area contributed by atoms with Crippen molar-refractivity contribution in [2.24, 2.45) is 0 Å². The van der Waals surface area contributed by atoms with Crippen LogP contribution in [0.1, 0.15) is 18.0 Å². The van der Waals surface area contributed by atoms with Crippen LogP contribution in [-0.4, -0.2) is 9.55 Å². The fourth-order valence-electron chi connectivity index (χ4n) is 2.72. The van der Waals surface area contributed by atoms with Gasteiger partial charge in [0.1, 0.15) is 11.6 Å². The Labute approximate surface area is 115 Å². The Balaban J connectivity index is 1.97. The summed E-state index contributed by atoms with van der Waals surface area (Å²) >= 11 is 0. The molecule has 4 nitrogen and oxygen atoms in total. The van der Waals surface area contributed by atoms with Gasteiger partial charge >= 0.3 is 0 Å². The molecule has 0 unspecified atom stereocenters. The molecule has 0 spiro atoms. The lowest BCUT2D eigenvalue weighted by Crippen LogP contribution is -2.14. The molecule has 3 heterocycles. The van der Waals surface area contributed by atoms with E-state index in [2.05, 4.69) is 9.55 Å². The van der Waals surface area contributed by atoms with Gasteiger partial charge in [-0.15, -0.1) is 0 Å². The molecule has 1 aromatic carbocycles. The van der Waals surface area contributed by atoms with Gasteiger partial charge < -0.3 is 8.98 Å². The number of aromatic nitrogens is 2. The second kappa shape index (κ2) is 4.20. The highest BCUT2D eigenvalue weighted by Crippen LogP contribution is 2.29. The van der Waals surface area contributed by atoms with Gasteiger partial charge in [0.15, 0.2) is 0 Å². The van der Waals surface area contributed by atoms with Crippen LogP contribution in [0, 0.1) is 0 Å². The van der Waals surface area contributed by atoms with Crippen LogP contribution in [0.2, 0.25) is 0 Å². The van der Waals surface area contributed by atoms with E-state index < -0.39 is 0 Å². The minimum absolute atomic E-state index is 0.168. The van der Waals surface area contributed by atoms with Gasteiger partial charge in [-0.2, -0.15) is 4.98 Å². The molecule has 0 saturated carbocycles. The lowest BCUT2D eigenvalue weighted by atomic mass is 10.2.